The molecule has 0 heterocycles. The zero-order valence-corrected chi connectivity index (χ0v) is 14.2. The zero-order chi connectivity index (χ0) is 20.0. The number of amides is 2. The van der Waals surface area contributed by atoms with Crippen LogP contribution in [-0.4, -0.2) is 18.6 Å². The molecule has 0 spiro atoms. The van der Waals surface area contributed by atoms with E-state index in [9.17, 15) is 27.2 Å². The molecule has 0 fully saturated rings. The van der Waals surface area contributed by atoms with Crippen molar-refractivity contribution in [3.05, 3.63) is 65.0 Å². The predicted molar refractivity (Wildman–Crippen MR) is 89.7 cm³/mol. The highest BCUT2D eigenvalue weighted by Gasteiger charge is 2.31. The van der Waals surface area contributed by atoms with E-state index in [-0.39, 0.29) is 30.0 Å². The normalized spacial score (nSPS) is 11.0. The summed E-state index contributed by atoms with van der Waals surface area (Å²) in [4.78, 5) is 23.6. The number of carbonyl (C=O) groups is 2. The Morgan fingerprint density at radius 2 is 1.85 bits per heavy atom. The Morgan fingerprint density at radius 3 is 2.52 bits per heavy atom. The highest BCUT2D eigenvalue weighted by molar-refractivity contribution is 5.93. The molecule has 9 heteroatoms. The van der Waals surface area contributed by atoms with Gasteiger partial charge in [0.25, 0.3) is 0 Å². The summed E-state index contributed by atoms with van der Waals surface area (Å²) >= 11 is 0. The van der Waals surface area contributed by atoms with E-state index in [0.29, 0.717) is 6.07 Å². The molecular formula is C18H16F4N2O3. The van der Waals surface area contributed by atoms with Gasteiger partial charge in [0.1, 0.15) is 5.82 Å². The molecule has 0 aromatic heterocycles. The minimum absolute atomic E-state index is 0.0438. The fraction of sp³-hybridized carbons (Fsp3) is 0.222. The van der Waals surface area contributed by atoms with Crippen molar-refractivity contribution in [2.24, 2.45) is 0 Å². The van der Waals surface area contributed by atoms with Crippen LogP contribution >= 0.6 is 0 Å². The second kappa shape index (κ2) is 8.52. The van der Waals surface area contributed by atoms with Gasteiger partial charge in [0, 0.05) is 12.2 Å². The van der Waals surface area contributed by atoms with Crippen LogP contribution in [0.4, 0.5) is 28.0 Å². The second-order valence-corrected chi connectivity index (χ2v) is 5.45. The number of alkyl halides is 3. The monoisotopic (exact) mass is 384 g/mol. The van der Waals surface area contributed by atoms with Gasteiger partial charge in [-0.15, -0.1) is 0 Å². The summed E-state index contributed by atoms with van der Waals surface area (Å²) in [7, 11) is 0. The molecule has 0 saturated carbocycles. The third-order valence-corrected chi connectivity index (χ3v) is 3.37. The number of esters is 1. The lowest BCUT2D eigenvalue weighted by molar-refractivity contribution is -0.137. The SMILES string of the molecule is CCOC(=O)c1cccc(NC(=O)NCc2cc(F)cc(C(F)(F)F)c2)c1. The van der Waals surface area contributed by atoms with E-state index in [4.69, 9.17) is 4.74 Å². The molecule has 2 N–H and O–H groups in total. The third-order valence-electron chi connectivity index (χ3n) is 3.37. The van der Waals surface area contributed by atoms with Crippen LogP contribution in [-0.2, 0) is 17.5 Å². The fourth-order valence-electron chi connectivity index (χ4n) is 2.21. The van der Waals surface area contributed by atoms with Gasteiger partial charge >= 0.3 is 18.2 Å². The Balaban J connectivity index is 2.00. The standard InChI is InChI=1S/C18H16F4N2O3/c1-2-27-16(25)12-4-3-5-15(8-12)24-17(26)23-10-11-6-13(18(20,21)22)9-14(19)7-11/h3-9H,2,10H2,1H3,(H2,23,24,26). The molecule has 2 aromatic rings. The van der Waals surface area contributed by atoms with Crippen LogP contribution in [0.15, 0.2) is 42.5 Å². The van der Waals surface area contributed by atoms with Gasteiger partial charge in [-0.25, -0.2) is 14.0 Å². The summed E-state index contributed by atoms with van der Waals surface area (Å²) in [6.07, 6.45) is -4.69. The van der Waals surface area contributed by atoms with Crippen LogP contribution < -0.4 is 10.6 Å². The molecule has 144 valence electrons. The molecule has 5 nitrogen and oxygen atoms in total. The minimum Gasteiger partial charge on any atom is -0.462 e. The Bertz CT molecular complexity index is 838. The van der Waals surface area contributed by atoms with Gasteiger partial charge in [-0.05, 0) is 48.9 Å². The van der Waals surface area contributed by atoms with Gasteiger partial charge in [-0.1, -0.05) is 6.07 Å². The summed E-state index contributed by atoms with van der Waals surface area (Å²) in [6.45, 7) is 1.54. The maximum atomic E-state index is 13.3. The topological polar surface area (TPSA) is 67.4 Å². The van der Waals surface area contributed by atoms with E-state index in [1.165, 1.54) is 24.3 Å². The molecule has 0 aliphatic carbocycles. The molecule has 2 rings (SSSR count). The first kappa shape index (κ1) is 20.2. The second-order valence-electron chi connectivity index (χ2n) is 5.45. The Kier molecular flexibility index (Phi) is 6.38. The van der Waals surface area contributed by atoms with Crippen molar-refractivity contribution >= 4 is 17.7 Å². The summed E-state index contributed by atoms with van der Waals surface area (Å²) in [6, 6.07) is 7.25. The number of halogens is 4. The minimum atomic E-state index is -4.69. The average molecular weight is 384 g/mol. The lowest BCUT2D eigenvalue weighted by Crippen LogP contribution is -2.28. The molecule has 0 radical (unpaired) electrons. The maximum absolute atomic E-state index is 13.3. The number of hydrogen-bond acceptors (Lipinski definition) is 3. The lowest BCUT2D eigenvalue weighted by atomic mass is 10.1. The number of benzene rings is 2. The predicted octanol–water partition coefficient (Wildman–Crippen LogP) is 4.34. The quantitative estimate of drug-likeness (QED) is 0.595. The summed E-state index contributed by atoms with van der Waals surface area (Å²) in [5, 5.41) is 4.76. The van der Waals surface area contributed by atoms with Gasteiger partial charge < -0.3 is 15.4 Å². The van der Waals surface area contributed by atoms with Crippen LogP contribution in [0.2, 0.25) is 0 Å². The van der Waals surface area contributed by atoms with Crippen molar-refractivity contribution in [3.63, 3.8) is 0 Å². The van der Waals surface area contributed by atoms with Crippen LogP contribution in [0.25, 0.3) is 0 Å². The van der Waals surface area contributed by atoms with Crippen LogP contribution in [0, 0.1) is 5.82 Å². The van der Waals surface area contributed by atoms with E-state index in [0.717, 1.165) is 12.1 Å². The van der Waals surface area contributed by atoms with Crippen LogP contribution in [0.5, 0.6) is 0 Å². The van der Waals surface area contributed by atoms with Crippen molar-refractivity contribution in [2.75, 3.05) is 11.9 Å². The summed E-state index contributed by atoms with van der Waals surface area (Å²) in [5.41, 5.74) is -0.664. The fourth-order valence-corrected chi connectivity index (χ4v) is 2.21. The number of ether oxygens (including phenoxy) is 1. The Labute approximate surface area is 152 Å². The molecule has 0 aliphatic rings. The van der Waals surface area contributed by atoms with E-state index in [1.807, 2.05) is 0 Å². The highest BCUT2D eigenvalue weighted by Crippen LogP contribution is 2.30. The van der Waals surface area contributed by atoms with Gasteiger partial charge in [0.05, 0.1) is 17.7 Å². The first-order chi connectivity index (χ1) is 12.7. The largest absolute Gasteiger partial charge is 0.462 e. The van der Waals surface area contributed by atoms with Gasteiger partial charge in [0.15, 0.2) is 0 Å². The smallest absolute Gasteiger partial charge is 0.416 e. The molecule has 0 saturated heterocycles. The number of carbonyl (C=O) groups excluding carboxylic acids is 2. The Morgan fingerprint density at radius 1 is 1.11 bits per heavy atom. The maximum Gasteiger partial charge on any atom is 0.416 e. The highest BCUT2D eigenvalue weighted by atomic mass is 19.4. The van der Waals surface area contributed by atoms with Crippen molar-refractivity contribution < 1.29 is 31.9 Å². The van der Waals surface area contributed by atoms with Gasteiger partial charge in [-0.3, -0.25) is 0 Å². The average Bonchev–Trinajstić information content (AvgIpc) is 2.59. The number of rotatable bonds is 5. The van der Waals surface area contributed by atoms with Crippen molar-refractivity contribution in [1.82, 2.24) is 5.32 Å². The molecule has 0 aliphatic heterocycles. The number of urea groups is 1. The number of nitrogens with one attached hydrogen (secondary N) is 2. The van der Waals surface area contributed by atoms with Crippen molar-refractivity contribution in [1.29, 1.82) is 0 Å². The van der Waals surface area contributed by atoms with Gasteiger partial charge in [0.2, 0.25) is 0 Å². The van der Waals surface area contributed by atoms with E-state index >= 15 is 0 Å². The third kappa shape index (κ3) is 5.98. The van der Waals surface area contributed by atoms with Crippen molar-refractivity contribution in [3.8, 4) is 0 Å². The molecule has 2 amide bonds. The first-order valence-corrected chi connectivity index (χ1v) is 7.87. The molecule has 2 aromatic carbocycles. The Hall–Kier alpha value is -3.10. The van der Waals surface area contributed by atoms with Crippen LogP contribution in [0.3, 0.4) is 0 Å². The molecule has 0 bridgehead atoms. The van der Waals surface area contributed by atoms with Gasteiger partial charge in [-0.2, -0.15) is 13.2 Å². The van der Waals surface area contributed by atoms with E-state index in [1.54, 1.807) is 6.92 Å². The summed E-state index contributed by atoms with van der Waals surface area (Å²) < 4.78 is 56.3. The lowest BCUT2D eigenvalue weighted by Gasteiger charge is -2.11. The molecule has 27 heavy (non-hydrogen) atoms. The van der Waals surface area contributed by atoms with Crippen LogP contribution in [0.1, 0.15) is 28.4 Å². The molecule has 0 atom stereocenters. The van der Waals surface area contributed by atoms with Crippen molar-refractivity contribution in [2.45, 2.75) is 19.6 Å². The number of hydrogen-bond donors (Lipinski definition) is 2. The summed E-state index contributed by atoms with van der Waals surface area (Å²) in [5.74, 6) is -1.61. The molecular weight excluding hydrogens is 368 g/mol. The molecule has 0 unspecified atom stereocenters. The van der Waals surface area contributed by atoms with E-state index < -0.39 is 29.6 Å². The first-order valence-electron chi connectivity index (χ1n) is 7.87. The number of anilines is 1. The van der Waals surface area contributed by atoms with E-state index in [2.05, 4.69) is 10.6 Å². The zero-order valence-electron chi connectivity index (χ0n) is 14.2.